The fraction of sp³-hybridized carbons (Fsp3) is 0.714. The summed E-state index contributed by atoms with van der Waals surface area (Å²) in [5, 5.41) is 6.88. The average molecular weight is 252 g/mol. The van der Waals surface area contributed by atoms with Gasteiger partial charge in [0.25, 0.3) is 0 Å². The van der Waals surface area contributed by atoms with Crippen LogP contribution in [0.3, 0.4) is 0 Å². The maximum atomic E-state index is 11.7. The van der Waals surface area contributed by atoms with E-state index < -0.39 is 0 Å². The molecule has 1 amide bonds. The van der Waals surface area contributed by atoms with E-state index in [2.05, 4.69) is 24.3 Å². The topological polar surface area (TPSA) is 55.1 Å². The fourth-order valence-corrected chi connectivity index (χ4v) is 2.02. The number of carbonyl (C=O) groups is 1. The van der Waals surface area contributed by atoms with Crippen molar-refractivity contribution in [1.82, 2.24) is 10.5 Å². The largest absolute Gasteiger partial charge is 0.361 e. The third-order valence-electron chi connectivity index (χ3n) is 3.53. The van der Waals surface area contributed by atoms with E-state index in [-0.39, 0.29) is 5.91 Å². The first kappa shape index (κ1) is 14.7. The highest BCUT2D eigenvalue weighted by Gasteiger charge is 2.11. The predicted octanol–water partition coefficient (Wildman–Crippen LogP) is 2.78. The Balaban J connectivity index is 2.33. The van der Waals surface area contributed by atoms with Gasteiger partial charge in [0.1, 0.15) is 5.76 Å². The number of aryl methyl sites for hydroxylation is 2. The van der Waals surface area contributed by atoms with Crippen molar-refractivity contribution < 1.29 is 9.32 Å². The van der Waals surface area contributed by atoms with E-state index in [4.69, 9.17) is 4.52 Å². The molecule has 0 spiro atoms. The van der Waals surface area contributed by atoms with Gasteiger partial charge in [-0.1, -0.05) is 31.8 Å². The number of amides is 1. The summed E-state index contributed by atoms with van der Waals surface area (Å²) in [5.41, 5.74) is 1.95. The molecule has 0 atom stereocenters. The van der Waals surface area contributed by atoms with Crippen molar-refractivity contribution in [2.24, 2.45) is 5.92 Å². The van der Waals surface area contributed by atoms with Crippen LogP contribution in [0.1, 0.15) is 50.1 Å². The van der Waals surface area contributed by atoms with Gasteiger partial charge in [-0.2, -0.15) is 0 Å². The van der Waals surface area contributed by atoms with Crippen molar-refractivity contribution in [1.29, 1.82) is 0 Å². The molecule has 1 N–H and O–H groups in total. The van der Waals surface area contributed by atoms with Gasteiger partial charge >= 0.3 is 0 Å². The highest BCUT2D eigenvalue weighted by molar-refractivity contribution is 5.76. The molecule has 1 aromatic heterocycles. The van der Waals surface area contributed by atoms with E-state index >= 15 is 0 Å². The molecule has 4 heteroatoms. The molecule has 4 nitrogen and oxygen atoms in total. The molecule has 0 saturated heterocycles. The highest BCUT2D eigenvalue weighted by Crippen LogP contribution is 2.14. The standard InChI is InChI=1S/C14H24N2O2/c1-5-12(6-2)9-15-14(17)8-7-13-10(3)16-18-11(13)4/h12H,5-9H2,1-4H3,(H,15,17). The molecule has 0 bridgehead atoms. The van der Waals surface area contributed by atoms with Gasteiger partial charge in [-0.05, 0) is 26.2 Å². The van der Waals surface area contributed by atoms with Crippen LogP contribution in [0.5, 0.6) is 0 Å². The van der Waals surface area contributed by atoms with Gasteiger partial charge in [0, 0.05) is 18.5 Å². The van der Waals surface area contributed by atoms with Crippen molar-refractivity contribution in [2.75, 3.05) is 6.54 Å². The number of hydrogen-bond donors (Lipinski definition) is 1. The molecule has 0 aromatic carbocycles. The van der Waals surface area contributed by atoms with Crippen LogP contribution < -0.4 is 5.32 Å². The molecular formula is C14H24N2O2. The lowest BCUT2D eigenvalue weighted by atomic mass is 10.0. The molecule has 0 aliphatic carbocycles. The van der Waals surface area contributed by atoms with Crippen LogP contribution in [-0.2, 0) is 11.2 Å². The second-order valence-corrected chi connectivity index (χ2v) is 4.79. The Bertz CT molecular complexity index is 362. The third kappa shape index (κ3) is 4.17. The van der Waals surface area contributed by atoms with Crippen molar-refractivity contribution in [3.05, 3.63) is 17.0 Å². The van der Waals surface area contributed by atoms with Crippen molar-refractivity contribution >= 4 is 5.91 Å². The summed E-state index contributed by atoms with van der Waals surface area (Å²) in [7, 11) is 0. The van der Waals surface area contributed by atoms with Crippen LogP contribution >= 0.6 is 0 Å². The summed E-state index contributed by atoms with van der Waals surface area (Å²) < 4.78 is 5.08. The smallest absolute Gasteiger partial charge is 0.220 e. The quantitative estimate of drug-likeness (QED) is 0.811. The minimum atomic E-state index is 0.113. The molecule has 0 radical (unpaired) electrons. The molecule has 102 valence electrons. The first-order valence-corrected chi connectivity index (χ1v) is 6.76. The van der Waals surface area contributed by atoms with Crippen molar-refractivity contribution in [2.45, 2.75) is 53.4 Å². The lowest BCUT2D eigenvalue weighted by Crippen LogP contribution is -2.29. The molecule has 0 aliphatic rings. The van der Waals surface area contributed by atoms with Gasteiger partial charge in [0.15, 0.2) is 0 Å². The number of rotatable bonds is 7. The van der Waals surface area contributed by atoms with Crippen LogP contribution in [0.2, 0.25) is 0 Å². The fourth-order valence-electron chi connectivity index (χ4n) is 2.02. The Morgan fingerprint density at radius 1 is 1.33 bits per heavy atom. The van der Waals surface area contributed by atoms with Crippen LogP contribution in [0.25, 0.3) is 0 Å². The van der Waals surface area contributed by atoms with Gasteiger partial charge in [-0.3, -0.25) is 4.79 Å². The average Bonchev–Trinajstić information content (AvgIpc) is 2.68. The van der Waals surface area contributed by atoms with Gasteiger partial charge in [-0.15, -0.1) is 0 Å². The minimum Gasteiger partial charge on any atom is -0.361 e. The van der Waals surface area contributed by atoms with E-state index in [0.717, 1.165) is 36.4 Å². The molecule has 1 heterocycles. The summed E-state index contributed by atoms with van der Waals surface area (Å²) in [6.07, 6.45) is 3.43. The van der Waals surface area contributed by atoms with Crippen LogP contribution in [-0.4, -0.2) is 17.6 Å². The molecular weight excluding hydrogens is 228 g/mol. The van der Waals surface area contributed by atoms with Crippen LogP contribution in [0.15, 0.2) is 4.52 Å². The molecule has 18 heavy (non-hydrogen) atoms. The molecule has 0 unspecified atom stereocenters. The minimum absolute atomic E-state index is 0.113. The summed E-state index contributed by atoms with van der Waals surface area (Å²) in [6.45, 7) is 8.90. The van der Waals surface area contributed by atoms with E-state index in [1.165, 1.54) is 0 Å². The monoisotopic (exact) mass is 252 g/mol. The third-order valence-corrected chi connectivity index (χ3v) is 3.53. The predicted molar refractivity (Wildman–Crippen MR) is 71.4 cm³/mol. The van der Waals surface area contributed by atoms with Crippen molar-refractivity contribution in [3.63, 3.8) is 0 Å². The van der Waals surface area contributed by atoms with E-state index in [0.29, 0.717) is 18.8 Å². The zero-order chi connectivity index (χ0) is 13.5. The molecule has 1 rings (SSSR count). The van der Waals surface area contributed by atoms with Crippen LogP contribution in [0.4, 0.5) is 0 Å². The molecule has 0 fully saturated rings. The summed E-state index contributed by atoms with van der Waals surface area (Å²) in [4.78, 5) is 11.7. The number of nitrogens with one attached hydrogen (secondary N) is 1. The van der Waals surface area contributed by atoms with Gasteiger partial charge in [0.2, 0.25) is 5.91 Å². The lowest BCUT2D eigenvalue weighted by molar-refractivity contribution is -0.121. The van der Waals surface area contributed by atoms with Gasteiger partial charge in [0.05, 0.1) is 5.69 Å². The maximum absolute atomic E-state index is 11.7. The van der Waals surface area contributed by atoms with E-state index in [1.807, 2.05) is 13.8 Å². The first-order chi connectivity index (χ1) is 8.58. The van der Waals surface area contributed by atoms with E-state index in [1.54, 1.807) is 0 Å². The highest BCUT2D eigenvalue weighted by atomic mass is 16.5. The van der Waals surface area contributed by atoms with E-state index in [9.17, 15) is 4.79 Å². The maximum Gasteiger partial charge on any atom is 0.220 e. The number of hydrogen-bond acceptors (Lipinski definition) is 3. The number of nitrogens with zero attached hydrogens (tertiary/aromatic N) is 1. The van der Waals surface area contributed by atoms with Crippen LogP contribution in [0, 0.1) is 19.8 Å². The summed E-state index contributed by atoms with van der Waals surface area (Å²) in [6, 6.07) is 0. The number of carbonyl (C=O) groups excluding carboxylic acids is 1. The Labute approximate surface area is 109 Å². The second-order valence-electron chi connectivity index (χ2n) is 4.79. The Morgan fingerprint density at radius 3 is 2.50 bits per heavy atom. The normalized spacial score (nSPS) is 10.9. The Hall–Kier alpha value is -1.32. The summed E-state index contributed by atoms with van der Waals surface area (Å²) in [5.74, 6) is 1.52. The van der Waals surface area contributed by atoms with Gasteiger partial charge in [-0.25, -0.2) is 0 Å². The lowest BCUT2D eigenvalue weighted by Gasteiger charge is -2.13. The second kappa shape index (κ2) is 7.19. The first-order valence-electron chi connectivity index (χ1n) is 6.76. The van der Waals surface area contributed by atoms with Gasteiger partial charge < -0.3 is 9.84 Å². The Morgan fingerprint density at radius 2 is 2.00 bits per heavy atom. The molecule has 1 aromatic rings. The number of aromatic nitrogens is 1. The molecule has 0 saturated carbocycles. The Kier molecular flexibility index (Phi) is 5.89. The summed E-state index contributed by atoms with van der Waals surface area (Å²) >= 11 is 0. The zero-order valence-corrected chi connectivity index (χ0v) is 11.9. The van der Waals surface area contributed by atoms with Crippen molar-refractivity contribution in [3.8, 4) is 0 Å². The molecule has 0 aliphatic heterocycles. The zero-order valence-electron chi connectivity index (χ0n) is 11.9. The SMILES string of the molecule is CCC(CC)CNC(=O)CCc1c(C)noc1C.